The fraction of sp³-hybridized carbons (Fsp3) is 0.455. The molecule has 0 radical (unpaired) electrons. The molecule has 0 heterocycles. The summed E-state index contributed by atoms with van der Waals surface area (Å²) in [5.41, 5.74) is 2.88. The fourth-order valence-electron chi connectivity index (χ4n) is 1.38. The van der Waals surface area contributed by atoms with E-state index in [-0.39, 0.29) is 0 Å². The monoisotopic (exact) mass is 180 g/mol. The summed E-state index contributed by atoms with van der Waals surface area (Å²) in [5, 5.41) is 0.635. The van der Waals surface area contributed by atoms with Gasteiger partial charge in [0.15, 0.2) is 0 Å². The van der Waals surface area contributed by atoms with Gasteiger partial charge in [0.1, 0.15) is 0 Å². The van der Waals surface area contributed by atoms with E-state index in [4.69, 9.17) is 0 Å². The van der Waals surface area contributed by atoms with Crippen LogP contribution in [-0.2, 0) is 0 Å². The molecule has 12 heavy (non-hydrogen) atoms. The molecule has 1 aromatic carbocycles. The van der Waals surface area contributed by atoms with Crippen molar-refractivity contribution in [1.82, 2.24) is 0 Å². The van der Waals surface area contributed by atoms with Crippen molar-refractivity contribution in [3.05, 3.63) is 35.4 Å². The van der Waals surface area contributed by atoms with Gasteiger partial charge in [0.25, 0.3) is 0 Å². The van der Waals surface area contributed by atoms with Crippen molar-refractivity contribution in [1.29, 1.82) is 0 Å². The van der Waals surface area contributed by atoms with Crippen molar-refractivity contribution in [2.24, 2.45) is 0 Å². The summed E-state index contributed by atoms with van der Waals surface area (Å²) in [6, 6.07) is 8.63. The van der Waals surface area contributed by atoms with Crippen LogP contribution in [0.3, 0.4) is 0 Å². The van der Waals surface area contributed by atoms with Crippen LogP contribution in [0.15, 0.2) is 24.3 Å². The minimum atomic E-state index is 0.635. The van der Waals surface area contributed by atoms with E-state index in [2.05, 4.69) is 45.0 Å². The number of hydrogen-bond donors (Lipinski definition) is 0. The van der Waals surface area contributed by atoms with Crippen LogP contribution in [0, 0.1) is 6.92 Å². The van der Waals surface area contributed by atoms with E-state index < -0.39 is 0 Å². The van der Waals surface area contributed by atoms with Crippen LogP contribution in [0.1, 0.15) is 30.2 Å². The molecule has 0 aliphatic heterocycles. The molecule has 1 unspecified atom stereocenters. The topological polar surface area (TPSA) is 0 Å². The molecule has 66 valence electrons. The standard InChI is InChI=1S/C11H16S/c1-4-12-10(3)11-8-6-5-7-9(11)2/h5-8,10H,4H2,1-3H3. The van der Waals surface area contributed by atoms with Crippen LogP contribution < -0.4 is 0 Å². The van der Waals surface area contributed by atoms with Crippen LogP contribution >= 0.6 is 11.8 Å². The van der Waals surface area contributed by atoms with Crippen molar-refractivity contribution < 1.29 is 0 Å². The predicted octanol–water partition coefficient (Wildman–Crippen LogP) is 3.81. The lowest BCUT2D eigenvalue weighted by Gasteiger charge is -2.12. The molecule has 0 aliphatic carbocycles. The minimum Gasteiger partial charge on any atom is -0.154 e. The summed E-state index contributed by atoms with van der Waals surface area (Å²) >= 11 is 2.00. The van der Waals surface area contributed by atoms with Gasteiger partial charge in [0.05, 0.1) is 0 Å². The van der Waals surface area contributed by atoms with Crippen molar-refractivity contribution >= 4 is 11.8 Å². The molecule has 1 aromatic rings. The molecule has 0 amide bonds. The Morgan fingerprint density at radius 3 is 2.58 bits per heavy atom. The highest BCUT2D eigenvalue weighted by Gasteiger charge is 2.05. The van der Waals surface area contributed by atoms with E-state index in [0.717, 1.165) is 0 Å². The third kappa shape index (κ3) is 2.28. The highest BCUT2D eigenvalue weighted by molar-refractivity contribution is 7.99. The van der Waals surface area contributed by atoms with E-state index in [1.807, 2.05) is 11.8 Å². The Bertz CT molecular complexity index is 243. The maximum absolute atomic E-state index is 2.27. The van der Waals surface area contributed by atoms with Crippen molar-refractivity contribution in [3.8, 4) is 0 Å². The summed E-state index contributed by atoms with van der Waals surface area (Å²) in [6.45, 7) is 6.66. The van der Waals surface area contributed by atoms with E-state index in [1.54, 1.807) is 0 Å². The van der Waals surface area contributed by atoms with Crippen LogP contribution in [0.4, 0.5) is 0 Å². The number of aryl methyl sites for hydroxylation is 1. The molecular formula is C11H16S. The molecule has 0 nitrogen and oxygen atoms in total. The molecule has 0 aromatic heterocycles. The zero-order valence-corrected chi connectivity index (χ0v) is 8.82. The average molecular weight is 180 g/mol. The maximum atomic E-state index is 2.27. The minimum absolute atomic E-state index is 0.635. The Balaban J connectivity index is 2.79. The summed E-state index contributed by atoms with van der Waals surface area (Å²) < 4.78 is 0. The first-order valence-electron chi connectivity index (χ1n) is 4.42. The molecule has 1 atom stereocenters. The third-order valence-corrected chi connectivity index (χ3v) is 3.13. The number of thioether (sulfide) groups is 1. The second kappa shape index (κ2) is 4.56. The van der Waals surface area contributed by atoms with Gasteiger partial charge in [-0.2, -0.15) is 11.8 Å². The third-order valence-electron chi connectivity index (χ3n) is 2.04. The van der Waals surface area contributed by atoms with Gasteiger partial charge in [-0.05, 0) is 30.7 Å². The molecule has 0 spiro atoms. The zero-order valence-electron chi connectivity index (χ0n) is 8.00. The SMILES string of the molecule is CCSC(C)c1ccccc1C. The fourth-order valence-corrected chi connectivity index (χ4v) is 2.33. The molecular weight excluding hydrogens is 164 g/mol. The van der Waals surface area contributed by atoms with Gasteiger partial charge in [-0.1, -0.05) is 31.2 Å². The lowest BCUT2D eigenvalue weighted by atomic mass is 10.1. The Labute approximate surface area is 79.4 Å². The van der Waals surface area contributed by atoms with Crippen LogP contribution in [0.5, 0.6) is 0 Å². The molecule has 0 saturated carbocycles. The van der Waals surface area contributed by atoms with E-state index in [0.29, 0.717) is 5.25 Å². The Hall–Kier alpha value is -0.430. The molecule has 0 bridgehead atoms. The number of hydrogen-bond acceptors (Lipinski definition) is 1. The highest BCUT2D eigenvalue weighted by atomic mass is 32.2. The van der Waals surface area contributed by atoms with Crippen LogP contribution in [-0.4, -0.2) is 5.75 Å². The molecule has 1 heteroatoms. The van der Waals surface area contributed by atoms with Gasteiger partial charge in [0.2, 0.25) is 0 Å². The first-order valence-corrected chi connectivity index (χ1v) is 5.47. The second-order valence-corrected chi connectivity index (χ2v) is 4.57. The lowest BCUT2D eigenvalue weighted by Crippen LogP contribution is -1.91. The smallest absolute Gasteiger partial charge is 0.0271 e. The van der Waals surface area contributed by atoms with Gasteiger partial charge in [-0.3, -0.25) is 0 Å². The summed E-state index contributed by atoms with van der Waals surface area (Å²) in [7, 11) is 0. The van der Waals surface area contributed by atoms with Gasteiger partial charge in [-0.15, -0.1) is 0 Å². The Morgan fingerprint density at radius 2 is 2.00 bits per heavy atom. The van der Waals surface area contributed by atoms with E-state index >= 15 is 0 Å². The maximum Gasteiger partial charge on any atom is 0.0271 e. The summed E-state index contributed by atoms with van der Waals surface area (Å²) in [6.07, 6.45) is 0. The number of rotatable bonds is 3. The molecule has 0 aliphatic rings. The summed E-state index contributed by atoms with van der Waals surface area (Å²) in [5.74, 6) is 1.19. The average Bonchev–Trinajstić information content (AvgIpc) is 2.05. The predicted molar refractivity (Wildman–Crippen MR) is 57.7 cm³/mol. The second-order valence-electron chi connectivity index (χ2n) is 2.95. The van der Waals surface area contributed by atoms with E-state index in [1.165, 1.54) is 16.9 Å². The van der Waals surface area contributed by atoms with E-state index in [9.17, 15) is 0 Å². The normalized spacial score (nSPS) is 12.9. The summed E-state index contributed by atoms with van der Waals surface area (Å²) in [4.78, 5) is 0. The Morgan fingerprint density at radius 1 is 1.33 bits per heavy atom. The first-order chi connectivity index (χ1) is 5.75. The largest absolute Gasteiger partial charge is 0.154 e. The van der Waals surface area contributed by atoms with Gasteiger partial charge in [-0.25, -0.2) is 0 Å². The van der Waals surface area contributed by atoms with Crippen molar-refractivity contribution in [3.63, 3.8) is 0 Å². The van der Waals surface area contributed by atoms with Crippen molar-refractivity contribution in [2.45, 2.75) is 26.0 Å². The highest BCUT2D eigenvalue weighted by Crippen LogP contribution is 2.29. The van der Waals surface area contributed by atoms with Crippen LogP contribution in [0.25, 0.3) is 0 Å². The molecule has 1 rings (SSSR count). The quantitative estimate of drug-likeness (QED) is 0.681. The lowest BCUT2D eigenvalue weighted by molar-refractivity contribution is 1.07. The van der Waals surface area contributed by atoms with Gasteiger partial charge in [0, 0.05) is 5.25 Å². The molecule has 0 N–H and O–H groups in total. The van der Waals surface area contributed by atoms with Gasteiger partial charge < -0.3 is 0 Å². The number of benzene rings is 1. The zero-order chi connectivity index (χ0) is 8.97. The first kappa shape index (κ1) is 9.66. The molecule has 0 fully saturated rings. The van der Waals surface area contributed by atoms with Crippen LogP contribution in [0.2, 0.25) is 0 Å². The molecule has 0 saturated heterocycles. The van der Waals surface area contributed by atoms with Gasteiger partial charge >= 0.3 is 0 Å². The van der Waals surface area contributed by atoms with Crippen molar-refractivity contribution in [2.75, 3.05) is 5.75 Å². The Kier molecular flexibility index (Phi) is 3.67.